The molecule has 0 bridgehead atoms. The zero-order chi connectivity index (χ0) is 14.6. The molecule has 2 aromatic rings. The largest absolute Gasteiger partial charge is 0.293 e. The Morgan fingerprint density at radius 1 is 0.950 bits per heavy atom. The van der Waals surface area contributed by atoms with Crippen molar-refractivity contribution < 1.29 is 4.79 Å². The first-order valence-corrected chi connectivity index (χ1v) is 7.37. The molecular weight excluding hydrogens is 268 g/mol. The Morgan fingerprint density at radius 2 is 1.50 bits per heavy atom. The third-order valence-corrected chi connectivity index (χ3v) is 4.33. The lowest BCUT2D eigenvalue weighted by atomic mass is 9.70. The number of Topliss-reactive ketones (excluding diaryl/α,β-unsaturated/α-hetero) is 1. The molecular formula is C18H19ClO. The molecule has 0 radical (unpaired) electrons. The van der Waals surface area contributed by atoms with Gasteiger partial charge in [0.15, 0.2) is 5.78 Å². The lowest BCUT2D eigenvalue weighted by molar-refractivity contribution is 0.0873. The van der Waals surface area contributed by atoms with Crippen LogP contribution < -0.4 is 0 Å². The van der Waals surface area contributed by atoms with Crippen molar-refractivity contribution in [3.63, 3.8) is 0 Å². The van der Waals surface area contributed by atoms with Gasteiger partial charge in [0.2, 0.25) is 0 Å². The molecule has 0 aliphatic carbocycles. The predicted molar refractivity (Wildman–Crippen MR) is 84.5 cm³/mol. The fraction of sp³-hybridized carbons (Fsp3) is 0.278. The third-order valence-electron chi connectivity index (χ3n) is 4.07. The van der Waals surface area contributed by atoms with Crippen molar-refractivity contribution in [2.45, 2.75) is 32.1 Å². The van der Waals surface area contributed by atoms with Crippen LogP contribution in [0, 0.1) is 0 Å². The van der Waals surface area contributed by atoms with Gasteiger partial charge in [0, 0.05) is 10.6 Å². The minimum absolute atomic E-state index is 0.172. The van der Waals surface area contributed by atoms with Gasteiger partial charge in [-0.25, -0.2) is 0 Å². The number of ketones is 1. The number of hydrogen-bond acceptors (Lipinski definition) is 1. The Bertz CT molecular complexity index is 568. The zero-order valence-electron chi connectivity index (χ0n) is 11.9. The van der Waals surface area contributed by atoms with Gasteiger partial charge in [0.1, 0.15) is 0 Å². The van der Waals surface area contributed by atoms with Gasteiger partial charge >= 0.3 is 0 Å². The average molecular weight is 287 g/mol. The van der Waals surface area contributed by atoms with E-state index >= 15 is 0 Å². The van der Waals surface area contributed by atoms with Gasteiger partial charge in [-0.1, -0.05) is 55.8 Å². The lowest BCUT2D eigenvalue weighted by Gasteiger charge is -2.31. The molecule has 0 aliphatic heterocycles. The van der Waals surface area contributed by atoms with Crippen LogP contribution in [-0.2, 0) is 5.41 Å². The van der Waals surface area contributed by atoms with Crippen molar-refractivity contribution in [1.82, 2.24) is 0 Å². The molecule has 0 fully saturated rings. The van der Waals surface area contributed by atoms with E-state index in [0.29, 0.717) is 5.02 Å². The molecule has 0 unspecified atom stereocenters. The summed E-state index contributed by atoms with van der Waals surface area (Å²) in [6.45, 7) is 4.15. The lowest BCUT2D eigenvalue weighted by Crippen LogP contribution is -2.34. The first kappa shape index (κ1) is 14.8. The van der Waals surface area contributed by atoms with E-state index in [9.17, 15) is 4.79 Å². The van der Waals surface area contributed by atoms with Gasteiger partial charge < -0.3 is 0 Å². The molecule has 0 saturated heterocycles. The summed E-state index contributed by atoms with van der Waals surface area (Å²) in [4.78, 5) is 13.0. The summed E-state index contributed by atoms with van der Waals surface area (Å²) in [6.07, 6.45) is 1.57. The molecule has 0 amide bonds. The molecule has 1 nitrogen and oxygen atoms in total. The fourth-order valence-electron chi connectivity index (χ4n) is 2.75. The Balaban J connectivity index is 2.48. The maximum absolute atomic E-state index is 13.0. The zero-order valence-corrected chi connectivity index (χ0v) is 12.7. The maximum atomic E-state index is 13.0. The van der Waals surface area contributed by atoms with Gasteiger partial charge in [-0.2, -0.15) is 0 Å². The molecule has 0 aliphatic rings. The predicted octanol–water partition coefficient (Wildman–Crippen LogP) is 5.28. The molecule has 2 rings (SSSR count). The van der Waals surface area contributed by atoms with Crippen molar-refractivity contribution in [3.8, 4) is 0 Å². The van der Waals surface area contributed by atoms with E-state index in [4.69, 9.17) is 11.6 Å². The maximum Gasteiger partial charge on any atom is 0.173 e. The summed E-state index contributed by atoms with van der Waals surface area (Å²) in [6, 6.07) is 17.2. The van der Waals surface area contributed by atoms with Crippen LogP contribution >= 0.6 is 11.6 Å². The van der Waals surface area contributed by atoms with Gasteiger partial charge in [-0.05, 0) is 42.7 Å². The van der Waals surface area contributed by atoms with E-state index in [0.717, 1.165) is 24.0 Å². The van der Waals surface area contributed by atoms with Crippen molar-refractivity contribution in [3.05, 3.63) is 70.7 Å². The number of carbonyl (C=O) groups excluding carboxylic acids is 1. The summed E-state index contributed by atoms with van der Waals surface area (Å²) < 4.78 is 0. The van der Waals surface area contributed by atoms with Crippen LogP contribution in [0.15, 0.2) is 54.6 Å². The minimum atomic E-state index is -0.449. The fourth-order valence-corrected chi connectivity index (χ4v) is 2.87. The van der Waals surface area contributed by atoms with E-state index in [1.54, 1.807) is 12.1 Å². The Hall–Kier alpha value is -1.60. The van der Waals surface area contributed by atoms with Crippen molar-refractivity contribution in [2.24, 2.45) is 0 Å². The molecule has 0 spiro atoms. The van der Waals surface area contributed by atoms with Crippen LogP contribution in [0.2, 0.25) is 5.02 Å². The van der Waals surface area contributed by atoms with Crippen LogP contribution in [-0.4, -0.2) is 5.78 Å². The summed E-state index contributed by atoms with van der Waals surface area (Å²) in [5.41, 5.74) is 1.36. The number of carbonyl (C=O) groups is 1. The van der Waals surface area contributed by atoms with Crippen LogP contribution in [0.5, 0.6) is 0 Å². The second kappa shape index (κ2) is 6.23. The Labute approximate surface area is 125 Å². The Morgan fingerprint density at radius 3 is 2.00 bits per heavy atom. The molecule has 0 heterocycles. The van der Waals surface area contributed by atoms with Gasteiger partial charge in [-0.15, -0.1) is 0 Å². The SMILES string of the molecule is CCC(CC)(C(=O)c1ccc(Cl)cc1)c1ccccc1. The molecule has 0 atom stereocenters. The second-order valence-corrected chi connectivity index (χ2v) is 5.43. The topological polar surface area (TPSA) is 17.1 Å². The first-order chi connectivity index (χ1) is 9.64. The normalized spacial score (nSPS) is 11.3. The van der Waals surface area contributed by atoms with Crippen molar-refractivity contribution in [1.29, 1.82) is 0 Å². The van der Waals surface area contributed by atoms with Crippen LogP contribution in [0.4, 0.5) is 0 Å². The molecule has 0 saturated carbocycles. The highest BCUT2D eigenvalue weighted by atomic mass is 35.5. The average Bonchev–Trinajstić information content (AvgIpc) is 2.51. The molecule has 20 heavy (non-hydrogen) atoms. The highest BCUT2D eigenvalue weighted by Crippen LogP contribution is 2.35. The van der Waals surface area contributed by atoms with E-state index < -0.39 is 5.41 Å². The highest BCUT2D eigenvalue weighted by molar-refractivity contribution is 6.30. The van der Waals surface area contributed by atoms with E-state index in [1.165, 1.54) is 0 Å². The summed E-state index contributed by atoms with van der Waals surface area (Å²) in [5, 5.41) is 0.653. The van der Waals surface area contributed by atoms with E-state index in [2.05, 4.69) is 13.8 Å². The van der Waals surface area contributed by atoms with Crippen LogP contribution in [0.25, 0.3) is 0 Å². The van der Waals surface area contributed by atoms with Gasteiger partial charge in [0.25, 0.3) is 0 Å². The summed E-state index contributed by atoms with van der Waals surface area (Å²) in [7, 11) is 0. The number of hydrogen-bond donors (Lipinski definition) is 0. The summed E-state index contributed by atoms with van der Waals surface area (Å²) in [5.74, 6) is 0.172. The smallest absolute Gasteiger partial charge is 0.173 e. The second-order valence-electron chi connectivity index (χ2n) is 4.99. The highest BCUT2D eigenvalue weighted by Gasteiger charge is 2.36. The number of benzene rings is 2. The summed E-state index contributed by atoms with van der Waals surface area (Å²) >= 11 is 5.90. The monoisotopic (exact) mass is 286 g/mol. The minimum Gasteiger partial charge on any atom is -0.293 e. The number of halogens is 1. The van der Waals surface area contributed by atoms with E-state index in [-0.39, 0.29) is 5.78 Å². The van der Waals surface area contributed by atoms with Crippen LogP contribution in [0.3, 0.4) is 0 Å². The van der Waals surface area contributed by atoms with Crippen molar-refractivity contribution >= 4 is 17.4 Å². The van der Waals surface area contributed by atoms with E-state index in [1.807, 2.05) is 42.5 Å². The Kier molecular flexibility index (Phi) is 4.61. The standard InChI is InChI=1S/C18H19ClO/c1-3-18(4-2,15-8-6-5-7-9-15)17(20)14-10-12-16(19)13-11-14/h5-13H,3-4H2,1-2H3. The molecule has 0 aromatic heterocycles. The van der Waals surface area contributed by atoms with Crippen LogP contribution in [0.1, 0.15) is 42.6 Å². The first-order valence-electron chi connectivity index (χ1n) is 7.00. The third kappa shape index (κ3) is 2.64. The van der Waals surface area contributed by atoms with Gasteiger partial charge in [-0.3, -0.25) is 4.79 Å². The molecule has 2 aromatic carbocycles. The molecule has 104 valence electrons. The number of rotatable bonds is 5. The molecule has 2 heteroatoms. The quantitative estimate of drug-likeness (QED) is 0.683. The van der Waals surface area contributed by atoms with Gasteiger partial charge in [0.05, 0.1) is 5.41 Å². The van der Waals surface area contributed by atoms with Crippen molar-refractivity contribution in [2.75, 3.05) is 0 Å². The molecule has 0 N–H and O–H groups in total.